The van der Waals surface area contributed by atoms with Crippen LogP contribution in [0.5, 0.6) is 11.5 Å². The molecule has 0 spiro atoms. The Balaban J connectivity index is 2.27. The van der Waals surface area contributed by atoms with Gasteiger partial charge >= 0.3 is 5.97 Å². The van der Waals surface area contributed by atoms with Gasteiger partial charge in [0, 0.05) is 18.8 Å². The van der Waals surface area contributed by atoms with E-state index >= 15 is 0 Å². The number of esters is 1. The van der Waals surface area contributed by atoms with Gasteiger partial charge in [-0.15, -0.1) is 6.42 Å². The van der Waals surface area contributed by atoms with Crippen LogP contribution in [0.15, 0.2) is 41.2 Å². The van der Waals surface area contributed by atoms with E-state index < -0.39 is 17.3 Å². The maximum absolute atomic E-state index is 12.7. The number of nitrogens with zero attached hydrogens (tertiary/aromatic N) is 1. The van der Waals surface area contributed by atoms with Crippen LogP contribution >= 0.6 is 0 Å². The summed E-state index contributed by atoms with van der Waals surface area (Å²) in [6.07, 6.45) is 8.02. The van der Waals surface area contributed by atoms with Gasteiger partial charge in [-0.25, -0.2) is 4.79 Å². The number of ether oxygens (including phenoxy) is 3. The first kappa shape index (κ1) is 21.5. The Morgan fingerprint density at radius 2 is 2.00 bits per heavy atom. The van der Waals surface area contributed by atoms with Crippen molar-refractivity contribution in [3.05, 3.63) is 63.6 Å². The molecule has 0 radical (unpaired) electrons. The van der Waals surface area contributed by atoms with Crippen LogP contribution in [0, 0.1) is 19.3 Å². The Labute approximate surface area is 168 Å². The fraction of sp³-hybridized carbons (Fsp3) is 0.227. The first-order valence-corrected chi connectivity index (χ1v) is 8.66. The highest BCUT2D eigenvalue weighted by molar-refractivity contribution is 6.08. The molecule has 150 valence electrons. The largest absolute Gasteiger partial charge is 0.482 e. The summed E-state index contributed by atoms with van der Waals surface area (Å²) in [4.78, 5) is 36.4. The maximum atomic E-state index is 12.7. The van der Waals surface area contributed by atoms with E-state index in [4.69, 9.17) is 15.9 Å². The van der Waals surface area contributed by atoms with Crippen LogP contribution in [0.2, 0.25) is 0 Å². The number of carbonyl (C=O) groups is 2. The van der Waals surface area contributed by atoms with Crippen molar-refractivity contribution in [3.63, 3.8) is 0 Å². The maximum Gasteiger partial charge on any atom is 0.343 e. The van der Waals surface area contributed by atoms with E-state index in [1.165, 1.54) is 23.8 Å². The van der Waals surface area contributed by atoms with Crippen LogP contribution in [0.3, 0.4) is 0 Å². The quantitative estimate of drug-likeness (QED) is 0.295. The molecule has 0 aliphatic heterocycles. The molecular weight excluding hydrogens is 374 g/mol. The Bertz CT molecular complexity index is 1040. The molecule has 0 N–H and O–H groups in total. The normalized spacial score (nSPS) is 10.4. The average molecular weight is 395 g/mol. The number of rotatable bonds is 8. The summed E-state index contributed by atoms with van der Waals surface area (Å²) in [5, 5.41) is 0. The standard InChI is InChI=1S/C22H21NO6/c1-5-11-28-19-12-15(2)23(3)22(26)21(19)18(24)10-9-16-7-6-8-17(13-16)29-14-20(25)27-4/h1,6-10,12-13H,11,14H2,2-4H3. The lowest BCUT2D eigenvalue weighted by Crippen LogP contribution is -2.26. The van der Waals surface area contributed by atoms with E-state index in [1.807, 2.05) is 0 Å². The van der Waals surface area contributed by atoms with Gasteiger partial charge in [0.2, 0.25) is 0 Å². The highest BCUT2D eigenvalue weighted by Crippen LogP contribution is 2.19. The van der Waals surface area contributed by atoms with Crippen molar-refractivity contribution in [3.8, 4) is 23.8 Å². The van der Waals surface area contributed by atoms with Crippen molar-refractivity contribution < 1.29 is 23.8 Å². The van der Waals surface area contributed by atoms with E-state index in [1.54, 1.807) is 44.3 Å². The van der Waals surface area contributed by atoms with Crippen LogP contribution in [0.4, 0.5) is 0 Å². The number of hydrogen-bond acceptors (Lipinski definition) is 6. The van der Waals surface area contributed by atoms with E-state index in [2.05, 4.69) is 10.7 Å². The van der Waals surface area contributed by atoms with Crippen LogP contribution in [0.25, 0.3) is 6.08 Å². The third-order valence-corrected chi connectivity index (χ3v) is 4.06. The fourth-order valence-corrected chi connectivity index (χ4v) is 2.42. The van der Waals surface area contributed by atoms with Gasteiger partial charge in [0.05, 0.1) is 7.11 Å². The van der Waals surface area contributed by atoms with Crippen molar-refractivity contribution in [1.82, 2.24) is 4.57 Å². The number of methoxy groups -OCH3 is 1. The van der Waals surface area contributed by atoms with Gasteiger partial charge < -0.3 is 18.8 Å². The van der Waals surface area contributed by atoms with E-state index in [9.17, 15) is 14.4 Å². The van der Waals surface area contributed by atoms with E-state index in [0.717, 1.165) is 0 Å². The number of carbonyl (C=O) groups excluding carboxylic acids is 2. The number of allylic oxidation sites excluding steroid dienone is 1. The zero-order valence-electron chi connectivity index (χ0n) is 16.4. The second-order valence-electron chi connectivity index (χ2n) is 6.02. The van der Waals surface area contributed by atoms with E-state index in [-0.39, 0.29) is 24.5 Å². The minimum absolute atomic E-state index is 0.0593. The zero-order chi connectivity index (χ0) is 21.4. The predicted molar refractivity (Wildman–Crippen MR) is 108 cm³/mol. The second-order valence-corrected chi connectivity index (χ2v) is 6.02. The number of aryl methyl sites for hydroxylation is 1. The summed E-state index contributed by atoms with van der Waals surface area (Å²) < 4.78 is 16.6. The highest BCUT2D eigenvalue weighted by Gasteiger charge is 2.18. The molecule has 1 heterocycles. The molecule has 2 aromatic rings. The molecule has 1 aromatic heterocycles. The third-order valence-electron chi connectivity index (χ3n) is 4.06. The molecule has 0 aliphatic carbocycles. The summed E-state index contributed by atoms with van der Waals surface area (Å²) >= 11 is 0. The lowest BCUT2D eigenvalue weighted by atomic mass is 10.1. The summed E-state index contributed by atoms with van der Waals surface area (Å²) in [5.41, 5.74) is 0.721. The van der Waals surface area contributed by atoms with Gasteiger partial charge in [-0.2, -0.15) is 0 Å². The third kappa shape index (κ3) is 5.59. The Hall–Kier alpha value is -3.79. The summed E-state index contributed by atoms with van der Waals surface area (Å²) in [7, 11) is 2.85. The molecule has 0 unspecified atom stereocenters. The van der Waals surface area contributed by atoms with Crippen LogP contribution < -0.4 is 15.0 Å². The Kier molecular flexibility index (Phi) is 7.38. The van der Waals surface area contributed by atoms with Crippen LogP contribution in [0.1, 0.15) is 21.6 Å². The summed E-state index contributed by atoms with van der Waals surface area (Å²) in [6.45, 7) is 1.45. The molecule has 1 aromatic carbocycles. The highest BCUT2D eigenvalue weighted by atomic mass is 16.6. The SMILES string of the molecule is C#CCOc1cc(C)n(C)c(=O)c1C(=O)C=Cc1cccc(OCC(=O)OC)c1. The smallest absolute Gasteiger partial charge is 0.343 e. The van der Waals surface area contributed by atoms with Gasteiger partial charge in [-0.3, -0.25) is 9.59 Å². The number of benzene rings is 1. The average Bonchev–Trinajstić information content (AvgIpc) is 2.72. The second kappa shape index (κ2) is 9.95. The molecule has 7 heteroatoms. The van der Waals surface area contributed by atoms with Gasteiger partial charge in [-0.05, 0) is 30.7 Å². The number of pyridine rings is 1. The van der Waals surface area contributed by atoms with E-state index in [0.29, 0.717) is 17.0 Å². The molecule has 7 nitrogen and oxygen atoms in total. The van der Waals surface area contributed by atoms with Crippen molar-refractivity contribution in [2.75, 3.05) is 20.3 Å². The van der Waals surface area contributed by atoms with Crippen molar-refractivity contribution >= 4 is 17.8 Å². The molecule has 0 saturated heterocycles. The molecule has 0 amide bonds. The zero-order valence-corrected chi connectivity index (χ0v) is 16.4. The van der Waals surface area contributed by atoms with Gasteiger partial charge in [0.15, 0.2) is 12.4 Å². The van der Waals surface area contributed by atoms with Crippen LogP contribution in [-0.2, 0) is 16.6 Å². The molecular formula is C22H21NO6. The van der Waals surface area contributed by atoms with Gasteiger partial charge in [0.1, 0.15) is 23.7 Å². The van der Waals surface area contributed by atoms with Gasteiger partial charge in [0.25, 0.3) is 5.56 Å². The fourth-order valence-electron chi connectivity index (χ4n) is 2.42. The molecule has 0 saturated carbocycles. The summed E-state index contributed by atoms with van der Waals surface area (Å²) in [5.74, 6) is 1.88. The minimum atomic E-state index is -0.515. The van der Waals surface area contributed by atoms with Crippen molar-refractivity contribution in [1.29, 1.82) is 0 Å². The molecule has 29 heavy (non-hydrogen) atoms. The Morgan fingerprint density at radius 3 is 2.69 bits per heavy atom. The topological polar surface area (TPSA) is 83.8 Å². The Morgan fingerprint density at radius 1 is 1.24 bits per heavy atom. The monoisotopic (exact) mass is 395 g/mol. The number of hydrogen-bond donors (Lipinski definition) is 0. The first-order chi connectivity index (χ1) is 13.9. The number of ketones is 1. The lowest BCUT2D eigenvalue weighted by molar-refractivity contribution is -0.142. The van der Waals surface area contributed by atoms with Gasteiger partial charge in [-0.1, -0.05) is 24.1 Å². The van der Waals surface area contributed by atoms with Crippen molar-refractivity contribution in [2.45, 2.75) is 6.92 Å². The number of aromatic nitrogens is 1. The van der Waals surface area contributed by atoms with Crippen LogP contribution in [-0.4, -0.2) is 36.6 Å². The molecule has 2 rings (SSSR count). The summed E-state index contributed by atoms with van der Waals surface area (Å²) in [6, 6.07) is 8.38. The minimum Gasteiger partial charge on any atom is -0.482 e. The molecule has 0 atom stereocenters. The predicted octanol–water partition coefficient (Wildman–Crippen LogP) is 2.15. The molecule has 0 bridgehead atoms. The molecule has 0 fully saturated rings. The molecule has 0 aliphatic rings. The first-order valence-electron chi connectivity index (χ1n) is 8.66. The van der Waals surface area contributed by atoms with Crippen molar-refractivity contribution in [2.24, 2.45) is 7.05 Å². The lowest BCUT2D eigenvalue weighted by Gasteiger charge is -2.11. The number of terminal acetylenes is 1.